The number of aromatic nitrogens is 4. The molecule has 0 spiro atoms. The zero-order valence-corrected chi connectivity index (χ0v) is 10.3. The summed E-state index contributed by atoms with van der Waals surface area (Å²) in [6.45, 7) is 1.85. The minimum Gasteiger partial charge on any atom is -0.463 e. The fraction of sp³-hybridized carbons (Fsp3) is 0.167. The number of hydrogen-bond acceptors (Lipinski definition) is 6. The fourth-order valence-electron chi connectivity index (χ4n) is 1.73. The van der Waals surface area contributed by atoms with E-state index in [0.29, 0.717) is 17.2 Å². The number of methoxy groups -OCH3 is 1. The summed E-state index contributed by atoms with van der Waals surface area (Å²) < 4.78 is 11.6. The van der Waals surface area contributed by atoms with Crippen LogP contribution in [0.5, 0.6) is 0 Å². The Bertz CT molecular complexity index is 759. The van der Waals surface area contributed by atoms with Crippen LogP contribution in [0.4, 0.5) is 0 Å². The number of carbonyl (C=O) groups is 1. The normalized spacial score (nSPS) is 10.8. The molecule has 0 aromatic carbocycles. The van der Waals surface area contributed by atoms with Gasteiger partial charge in [-0.25, -0.2) is 9.78 Å². The fourth-order valence-corrected chi connectivity index (χ4v) is 1.73. The second kappa shape index (κ2) is 4.20. The molecule has 19 heavy (non-hydrogen) atoms. The van der Waals surface area contributed by atoms with Crippen molar-refractivity contribution in [2.45, 2.75) is 6.92 Å². The van der Waals surface area contributed by atoms with Gasteiger partial charge in [-0.05, 0) is 25.1 Å². The Morgan fingerprint density at radius 2 is 2.21 bits per heavy atom. The molecule has 0 bridgehead atoms. The Morgan fingerprint density at radius 3 is 2.89 bits per heavy atom. The van der Waals surface area contributed by atoms with Crippen LogP contribution in [0.15, 0.2) is 28.8 Å². The van der Waals surface area contributed by atoms with Crippen molar-refractivity contribution in [1.82, 2.24) is 19.6 Å². The summed E-state index contributed by atoms with van der Waals surface area (Å²) in [6, 6.07) is 5.41. The first-order valence-corrected chi connectivity index (χ1v) is 5.56. The first-order valence-electron chi connectivity index (χ1n) is 5.56. The Hall–Kier alpha value is -2.70. The van der Waals surface area contributed by atoms with E-state index in [1.54, 1.807) is 12.3 Å². The van der Waals surface area contributed by atoms with E-state index in [0.717, 1.165) is 5.76 Å². The Kier molecular flexibility index (Phi) is 2.52. The maximum atomic E-state index is 11.4. The SMILES string of the molecule is COC(=O)c1nc2nccc(-c3ccc(C)o3)n2n1. The van der Waals surface area contributed by atoms with Gasteiger partial charge >= 0.3 is 5.97 Å². The van der Waals surface area contributed by atoms with Crippen LogP contribution in [0.1, 0.15) is 16.4 Å². The van der Waals surface area contributed by atoms with E-state index in [9.17, 15) is 4.79 Å². The highest BCUT2D eigenvalue weighted by Gasteiger charge is 2.17. The third-order valence-electron chi connectivity index (χ3n) is 2.60. The highest BCUT2D eigenvalue weighted by Crippen LogP contribution is 2.21. The van der Waals surface area contributed by atoms with Gasteiger partial charge in [-0.2, -0.15) is 9.50 Å². The van der Waals surface area contributed by atoms with Crippen LogP contribution in [0.3, 0.4) is 0 Å². The monoisotopic (exact) mass is 258 g/mol. The minimum absolute atomic E-state index is 0.0364. The predicted octanol–water partition coefficient (Wildman–Crippen LogP) is 1.48. The molecule has 96 valence electrons. The highest BCUT2D eigenvalue weighted by molar-refractivity contribution is 5.85. The molecule has 0 aliphatic carbocycles. The molecule has 3 aromatic rings. The molecule has 0 aliphatic rings. The number of hydrogen-bond donors (Lipinski definition) is 0. The summed E-state index contributed by atoms with van der Waals surface area (Å²) in [5, 5.41) is 4.08. The lowest BCUT2D eigenvalue weighted by Gasteiger charge is -1.98. The largest absolute Gasteiger partial charge is 0.463 e. The maximum Gasteiger partial charge on any atom is 0.378 e. The molecule has 0 saturated carbocycles. The van der Waals surface area contributed by atoms with Crippen LogP contribution < -0.4 is 0 Å². The molecule has 0 saturated heterocycles. The van der Waals surface area contributed by atoms with Crippen LogP contribution >= 0.6 is 0 Å². The van der Waals surface area contributed by atoms with Crippen LogP contribution in [0.2, 0.25) is 0 Å². The molecular formula is C12H10N4O3. The zero-order chi connectivity index (χ0) is 13.4. The average molecular weight is 258 g/mol. The zero-order valence-electron chi connectivity index (χ0n) is 10.3. The van der Waals surface area contributed by atoms with E-state index in [1.165, 1.54) is 11.6 Å². The molecule has 3 heterocycles. The lowest BCUT2D eigenvalue weighted by molar-refractivity contribution is 0.0587. The third kappa shape index (κ3) is 1.85. The lowest BCUT2D eigenvalue weighted by Crippen LogP contribution is -2.04. The Morgan fingerprint density at radius 1 is 1.37 bits per heavy atom. The lowest BCUT2D eigenvalue weighted by atomic mass is 10.3. The van der Waals surface area contributed by atoms with E-state index in [1.807, 2.05) is 19.1 Å². The highest BCUT2D eigenvalue weighted by atomic mass is 16.5. The number of carbonyl (C=O) groups excluding carboxylic acids is 1. The minimum atomic E-state index is -0.605. The van der Waals surface area contributed by atoms with Gasteiger partial charge in [0.05, 0.1) is 7.11 Å². The predicted molar refractivity (Wildman–Crippen MR) is 64.6 cm³/mol. The number of rotatable bonds is 2. The molecule has 0 aliphatic heterocycles. The van der Waals surface area contributed by atoms with E-state index in [2.05, 4.69) is 19.8 Å². The molecule has 3 rings (SSSR count). The van der Waals surface area contributed by atoms with Gasteiger partial charge in [-0.1, -0.05) is 0 Å². The van der Waals surface area contributed by atoms with E-state index < -0.39 is 5.97 Å². The van der Waals surface area contributed by atoms with Crippen molar-refractivity contribution in [3.63, 3.8) is 0 Å². The van der Waals surface area contributed by atoms with Crippen molar-refractivity contribution in [2.24, 2.45) is 0 Å². The van der Waals surface area contributed by atoms with Gasteiger partial charge in [0.2, 0.25) is 0 Å². The van der Waals surface area contributed by atoms with Gasteiger partial charge in [-0.15, -0.1) is 5.10 Å². The van der Waals surface area contributed by atoms with Gasteiger partial charge < -0.3 is 9.15 Å². The van der Waals surface area contributed by atoms with Crippen molar-refractivity contribution in [1.29, 1.82) is 0 Å². The average Bonchev–Trinajstić information content (AvgIpc) is 3.03. The van der Waals surface area contributed by atoms with Gasteiger partial charge in [0, 0.05) is 6.20 Å². The van der Waals surface area contributed by atoms with Crippen molar-refractivity contribution < 1.29 is 13.9 Å². The molecular weight excluding hydrogens is 248 g/mol. The Labute approximate surface area is 107 Å². The topological polar surface area (TPSA) is 82.5 Å². The number of esters is 1. The molecule has 0 amide bonds. The van der Waals surface area contributed by atoms with Gasteiger partial charge in [0.1, 0.15) is 11.5 Å². The first-order chi connectivity index (χ1) is 9.19. The summed E-state index contributed by atoms with van der Waals surface area (Å²) in [5.74, 6) is 1.09. The van der Waals surface area contributed by atoms with Crippen LogP contribution in [-0.2, 0) is 4.74 Å². The third-order valence-corrected chi connectivity index (χ3v) is 2.60. The number of aryl methyl sites for hydroxylation is 1. The van der Waals surface area contributed by atoms with Gasteiger partial charge in [0.25, 0.3) is 11.6 Å². The molecule has 7 nitrogen and oxygen atoms in total. The number of nitrogens with zero attached hydrogens (tertiary/aromatic N) is 4. The first kappa shape index (κ1) is 11.4. The van der Waals surface area contributed by atoms with E-state index in [-0.39, 0.29) is 5.82 Å². The summed E-state index contributed by atoms with van der Waals surface area (Å²) in [6.07, 6.45) is 1.58. The van der Waals surface area contributed by atoms with Crippen molar-refractivity contribution >= 4 is 11.7 Å². The summed E-state index contributed by atoms with van der Waals surface area (Å²) in [5.41, 5.74) is 0.667. The molecule has 7 heteroatoms. The second-order valence-corrected chi connectivity index (χ2v) is 3.88. The van der Waals surface area contributed by atoms with E-state index >= 15 is 0 Å². The molecule has 0 atom stereocenters. The molecule has 0 unspecified atom stereocenters. The summed E-state index contributed by atoms with van der Waals surface area (Å²) in [4.78, 5) is 19.5. The maximum absolute atomic E-state index is 11.4. The quantitative estimate of drug-likeness (QED) is 0.647. The van der Waals surface area contributed by atoms with Gasteiger partial charge in [-0.3, -0.25) is 0 Å². The smallest absolute Gasteiger partial charge is 0.378 e. The van der Waals surface area contributed by atoms with Crippen LogP contribution in [0, 0.1) is 6.92 Å². The van der Waals surface area contributed by atoms with Crippen LogP contribution in [0.25, 0.3) is 17.2 Å². The Balaban J connectivity index is 2.20. The second-order valence-electron chi connectivity index (χ2n) is 3.88. The summed E-state index contributed by atoms with van der Waals surface area (Å²) in [7, 11) is 1.28. The molecule has 0 N–H and O–H groups in total. The molecule has 3 aromatic heterocycles. The number of furan rings is 1. The summed E-state index contributed by atoms with van der Waals surface area (Å²) >= 11 is 0. The number of ether oxygens (including phenoxy) is 1. The van der Waals surface area contributed by atoms with Crippen molar-refractivity contribution in [3.8, 4) is 11.5 Å². The van der Waals surface area contributed by atoms with Crippen molar-refractivity contribution in [3.05, 3.63) is 36.0 Å². The van der Waals surface area contributed by atoms with Crippen LogP contribution in [-0.4, -0.2) is 32.7 Å². The molecule has 0 fully saturated rings. The van der Waals surface area contributed by atoms with Gasteiger partial charge in [0.15, 0.2) is 5.76 Å². The standard InChI is InChI=1S/C12H10N4O3/c1-7-3-4-9(19-7)8-5-6-13-12-14-10(11(17)18-2)15-16(8)12/h3-6H,1-2H3. The number of fused-ring (bicyclic) bond motifs is 1. The molecule has 0 radical (unpaired) electrons. The van der Waals surface area contributed by atoms with E-state index in [4.69, 9.17) is 4.42 Å². The van der Waals surface area contributed by atoms with Crippen molar-refractivity contribution in [2.75, 3.05) is 7.11 Å².